The first-order valence-corrected chi connectivity index (χ1v) is 7.37. The summed E-state index contributed by atoms with van der Waals surface area (Å²) in [5, 5.41) is 3.27. The maximum Gasteiger partial charge on any atom is 0.128 e. The molecule has 1 heterocycles. The third-order valence-electron chi connectivity index (χ3n) is 3.17. The fourth-order valence-corrected chi connectivity index (χ4v) is 3.09. The number of halogens is 1. The highest BCUT2D eigenvalue weighted by Gasteiger charge is 2.16. The molecular weight excluding hydrogens is 273 g/mol. The van der Waals surface area contributed by atoms with Crippen molar-refractivity contribution in [2.45, 2.75) is 17.9 Å². The molecule has 106 valence electrons. The number of aryl methyl sites for hydroxylation is 1. The molecule has 0 aliphatic rings. The van der Waals surface area contributed by atoms with Crippen LogP contribution in [0.3, 0.4) is 0 Å². The van der Waals surface area contributed by atoms with Gasteiger partial charge in [-0.05, 0) is 49.9 Å². The highest BCUT2D eigenvalue weighted by molar-refractivity contribution is 7.99. The lowest BCUT2D eigenvalue weighted by Gasteiger charge is -2.19. The molecule has 0 spiro atoms. The van der Waals surface area contributed by atoms with E-state index in [2.05, 4.69) is 10.3 Å². The van der Waals surface area contributed by atoms with Gasteiger partial charge in [-0.3, -0.25) is 0 Å². The number of nitrogens with one attached hydrogen (secondary N) is 1. The van der Waals surface area contributed by atoms with Crippen molar-refractivity contribution in [3.05, 3.63) is 53.5 Å². The summed E-state index contributed by atoms with van der Waals surface area (Å²) in [6, 6.07) is 8.58. The maximum atomic E-state index is 12.9. The first kappa shape index (κ1) is 14.8. The molecule has 0 amide bonds. The molecule has 1 atom stereocenters. The second-order valence-electron chi connectivity index (χ2n) is 4.53. The van der Waals surface area contributed by atoms with E-state index in [1.807, 2.05) is 20.0 Å². The molecule has 0 aliphatic carbocycles. The normalized spacial score (nSPS) is 12.3. The Bertz CT molecular complexity index is 552. The molecule has 1 unspecified atom stereocenters. The first-order valence-electron chi connectivity index (χ1n) is 6.38. The van der Waals surface area contributed by atoms with Gasteiger partial charge in [-0.15, -0.1) is 11.8 Å². The van der Waals surface area contributed by atoms with Crippen molar-refractivity contribution < 1.29 is 4.39 Å². The van der Waals surface area contributed by atoms with Gasteiger partial charge in [0.2, 0.25) is 0 Å². The van der Waals surface area contributed by atoms with Crippen LogP contribution in [0.5, 0.6) is 0 Å². The number of anilines is 1. The summed E-state index contributed by atoms with van der Waals surface area (Å²) in [4.78, 5) is 5.19. The summed E-state index contributed by atoms with van der Waals surface area (Å²) in [5.74, 6) is 1.15. The van der Waals surface area contributed by atoms with Gasteiger partial charge in [0.05, 0.1) is 0 Å². The molecule has 20 heavy (non-hydrogen) atoms. The lowest BCUT2D eigenvalue weighted by molar-refractivity contribution is 0.626. The van der Waals surface area contributed by atoms with Crippen molar-refractivity contribution in [1.82, 2.24) is 10.3 Å². The van der Waals surface area contributed by atoms with Crippen LogP contribution in [0.15, 0.2) is 41.4 Å². The van der Waals surface area contributed by atoms with Crippen molar-refractivity contribution in [2.24, 2.45) is 0 Å². The number of hydrogen-bond donors (Lipinski definition) is 2. The second-order valence-corrected chi connectivity index (χ2v) is 5.63. The average Bonchev–Trinajstić information content (AvgIpc) is 2.44. The monoisotopic (exact) mass is 291 g/mol. The number of nitrogens with zero attached hydrogens (tertiary/aromatic N) is 1. The summed E-state index contributed by atoms with van der Waals surface area (Å²) in [5.41, 5.74) is 8.13. The Kier molecular flexibility index (Phi) is 4.98. The zero-order valence-electron chi connectivity index (χ0n) is 11.6. The van der Waals surface area contributed by atoms with Crippen LogP contribution in [0.1, 0.15) is 17.2 Å². The van der Waals surface area contributed by atoms with Crippen LogP contribution in [0.25, 0.3) is 0 Å². The molecule has 0 bridgehead atoms. The quantitative estimate of drug-likeness (QED) is 0.831. The van der Waals surface area contributed by atoms with Crippen LogP contribution in [0.2, 0.25) is 0 Å². The van der Waals surface area contributed by atoms with Gasteiger partial charge in [0, 0.05) is 28.5 Å². The fourth-order valence-electron chi connectivity index (χ4n) is 2.07. The van der Waals surface area contributed by atoms with E-state index < -0.39 is 0 Å². The minimum Gasteiger partial charge on any atom is -0.383 e. The zero-order chi connectivity index (χ0) is 14.5. The van der Waals surface area contributed by atoms with E-state index in [1.54, 1.807) is 30.1 Å². The molecule has 0 aliphatic heterocycles. The first-order chi connectivity index (χ1) is 9.61. The van der Waals surface area contributed by atoms with Crippen LogP contribution in [0, 0.1) is 12.7 Å². The summed E-state index contributed by atoms with van der Waals surface area (Å²) in [6.07, 6.45) is 1.72. The van der Waals surface area contributed by atoms with Crippen LogP contribution >= 0.6 is 11.8 Å². The number of pyridine rings is 1. The number of aromatic nitrogens is 1. The van der Waals surface area contributed by atoms with Gasteiger partial charge in [-0.1, -0.05) is 0 Å². The number of rotatable bonds is 5. The minimum absolute atomic E-state index is 0.110. The predicted molar refractivity (Wildman–Crippen MR) is 82.3 cm³/mol. The van der Waals surface area contributed by atoms with E-state index in [4.69, 9.17) is 5.73 Å². The van der Waals surface area contributed by atoms with E-state index in [9.17, 15) is 4.39 Å². The largest absolute Gasteiger partial charge is 0.383 e. The van der Waals surface area contributed by atoms with Gasteiger partial charge in [0.25, 0.3) is 0 Å². The molecule has 3 nitrogen and oxygen atoms in total. The van der Waals surface area contributed by atoms with Crippen molar-refractivity contribution in [3.8, 4) is 0 Å². The zero-order valence-corrected chi connectivity index (χ0v) is 12.4. The van der Waals surface area contributed by atoms with Crippen molar-refractivity contribution in [3.63, 3.8) is 0 Å². The third kappa shape index (κ3) is 3.49. The van der Waals surface area contributed by atoms with Crippen molar-refractivity contribution in [1.29, 1.82) is 0 Å². The Labute approximate surface area is 122 Å². The van der Waals surface area contributed by atoms with Gasteiger partial charge < -0.3 is 11.1 Å². The molecule has 0 fully saturated rings. The van der Waals surface area contributed by atoms with Gasteiger partial charge in [-0.25, -0.2) is 9.37 Å². The fraction of sp³-hybridized carbons (Fsp3) is 0.267. The highest BCUT2D eigenvalue weighted by Crippen LogP contribution is 2.28. The molecule has 1 aromatic heterocycles. The lowest BCUT2D eigenvalue weighted by atomic mass is 10.0. The van der Waals surface area contributed by atoms with Crippen LogP contribution in [-0.4, -0.2) is 17.8 Å². The number of nitrogens with two attached hydrogens (primary N) is 1. The van der Waals surface area contributed by atoms with E-state index >= 15 is 0 Å². The number of thioether (sulfide) groups is 1. The standard InChI is InChI=1S/C15H18FN3S/c1-10-7-8-19-15(17)14(10)13(18-2)9-20-12-5-3-11(16)4-6-12/h3-8,13,18H,9H2,1-2H3,(H2,17,19). The van der Waals surface area contributed by atoms with Crippen molar-refractivity contribution in [2.75, 3.05) is 18.5 Å². The highest BCUT2D eigenvalue weighted by atomic mass is 32.2. The van der Waals surface area contributed by atoms with Crippen molar-refractivity contribution >= 4 is 17.6 Å². The molecule has 0 saturated carbocycles. The number of hydrogen-bond acceptors (Lipinski definition) is 4. The average molecular weight is 291 g/mol. The molecule has 1 aromatic carbocycles. The van der Waals surface area contributed by atoms with E-state index in [1.165, 1.54) is 12.1 Å². The minimum atomic E-state index is -0.216. The summed E-state index contributed by atoms with van der Waals surface area (Å²) in [7, 11) is 1.90. The lowest BCUT2D eigenvalue weighted by Crippen LogP contribution is -2.21. The van der Waals surface area contributed by atoms with Gasteiger partial charge >= 0.3 is 0 Å². The molecule has 2 rings (SSSR count). The van der Waals surface area contributed by atoms with E-state index in [-0.39, 0.29) is 11.9 Å². The Morgan fingerprint density at radius 1 is 1.30 bits per heavy atom. The molecule has 2 aromatic rings. The molecule has 0 saturated heterocycles. The summed E-state index contributed by atoms with van der Waals surface area (Å²) >= 11 is 1.66. The third-order valence-corrected chi connectivity index (χ3v) is 4.27. The number of benzene rings is 1. The van der Waals surface area contributed by atoms with E-state index in [0.29, 0.717) is 5.82 Å². The number of nitrogen functional groups attached to an aromatic ring is 1. The van der Waals surface area contributed by atoms with Crippen LogP contribution < -0.4 is 11.1 Å². The Morgan fingerprint density at radius 2 is 2.00 bits per heavy atom. The molecule has 5 heteroatoms. The Balaban J connectivity index is 2.11. The van der Waals surface area contributed by atoms with Gasteiger partial charge in [-0.2, -0.15) is 0 Å². The summed E-state index contributed by atoms with van der Waals surface area (Å²) < 4.78 is 12.9. The smallest absolute Gasteiger partial charge is 0.128 e. The Morgan fingerprint density at radius 3 is 2.60 bits per heavy atom. The predicted octanol–water partition coefficient (Wildman–Crippen LogP) is 3.16. The topological polar surface area (TPSA) is 50.9 Å². The molecule has 0 radical (unpaired) electrons. The Hall–Kier alpha value is -1.59. The van der Waals surface area contributed by atoms with Gasteiger partial charge in [0.15, 0.2) is 0 Å². The van der Waals surface area contributed by atoms with E-state index in [0.717, 1.165) is 21.8 Å². The second kappa shape index (κ2) is 6.72. The molecular formula is C15H18FN3S. The SMILES string of the molecule is CNC(CSc1ccc(F)cc1)c1c(C)ccnc1N. The van der Waals surface area contributed by atoms with Crippen LogP contribution in [0.4, 0.5) is 10.2 Å². The summed E-state index contributed by atoms with van der Waals surface area (Å²) in [6.45, 7) is 2.03. The van der Waals surface area contributed by atoms with Gasteiger partial charge in [0.1, 0.15) is 11.6 Å². The maximum absolute atomic E-state index is 12.9. The van der Waals surface area contributed by atoms with Crippen LogP contribution in [-0.2, 0) is 0 Å². The molecule has 3 N–H and O–H groups in total.